The van der Waals surface area contributed by atoms with Crippen molar-refractivity contribution in [1.82, 2.24) is 4.98 Å². The van der Waals surface area contributed by atoms with Crippen molar-refractivity contribution in [3.8, 4) is 11.1 Å². The van der Waals surface area contributed by atoms with Crippen LogP contribution in [0.2, 0.25) is 0 Å². The van der Waals surface area contributed by atoms with Gasteiger partial charge >= 0.3 is 0 Å². The smallest absolute Gasteiger partial charge is 0.163 e. The largest absolute Gasteiger partial charge is 0.294 e. The van der Waals surface area contributed by atoms with Crippen LogP contribution in [-0.2, 0) is 0 Å². The number of nitrogens with zero attached hydrogens (tertiary/aromatic N) is 1. The SMILES string of the molecule is [CH2]C(=O)c1ccccc1-c1ccncc1. The van der Waals surface area contributed by atoms with Crippen LogP contribution >= 0.6 is 0 Å². The maximum Gasteiger partial charge on any atom is 0.163 e. The van der Waals surface area contributed by atoms with Gasteiger partial charge in [0.05, 0.1) is 0 Å². The Labute approximate surface area is 88.6 Å². The number of carbonyl (C=O) groups is 1. The Balaban J connectivity index is 2.58. The standard InChI is InChI=1S/C13H10NO/c1-10(15)12-4-2-3-5-13(12)11-6-8-14-9-7-11/h2-9H,1H2. The molecular weight excluding hydrogens is 186 g/mol. The van der Waals surface area contributed by atoms with Crippen LogP contribution in [0.25, 0.3) is 11.1 Å². The molecule has 1 aromatic carbocycles. The molecule has 0 aliphatic carbocycles. The second kappa shape index (κ2) is 4.05. The number of Topliss-reactive ketones (excluding diaryl/α,β-unsaturated/α-hetero) is 1. The summed E-state index contributed by atoms with van der Waals surface area (Å²) in [4.78, 5) is 15.3. The van der Waals surface area contributed by atoms with Gasteiger partial charge in [0.15, 0.2) is 5.78 Å². The van der Waals surface area contributed by atoms with Gasteiger partial charge in [-0.05, 0) is 23.3 Å². The average Bonchev–Trinajstić information content (AvgIpc) is 2.30. The molecule has 0 bridgehead atoms. The summed E-state index contributed by atoms with van der Waals surface area (Å²) in [7, 11) is 0. The lowest BCUT2D eigenvalue weighted by Gasteiger charge is -2.05. The van der Waals surface area contributed by atoms with Gasteiger partial charge in [-0.1, -0.05) is 24.3 Å². The van der Waals surface area contributed by atoms with Gasteiger partial charge in [-0.25, -0.2) is 0 Å². The van der Waals surface area contributed by atoms with Crippen LogP contribution in [0.1, 0.15) is 10.4 Å². The van der Waals surface area contributed by atoms with E-state index in [9.17, 15) is 4.79 Å². The van der Waals surface area contributed by atoms with E-state index in [1.54, 1.807) is 18.5 Å². The van der Waals surface area contributed by atoms with E-state index in [1.807, 2.05) is 30.3 Å². The minimum Gasteiger partial charge on any atom is -0.294 e. The van der Waals surface area contributed by atoms with Gasteiger partial charge in [0.25, 0.3) is 0 Å². The summed E-state index contributed by atoms with van der Waals surface area (Å²) < 4.78 is 0. The van der Waals surface area contributed by atoms with E-state index >= 15 is 0 Å². The van der Waals surface area contributed by atoms with E-state index < -0.39 is 0 Å². The number of rotatable bonds is 2. The molecule has 1 heterocycles. The first-order valence-electron chi connectivity index (χ1n) is 4.65. The lowest BCUT2D eigenvalue weighted by atomic mass is 9.98. The van der Waals surface area contributed by atoms with Crippen LogP contribution in [-0.4, -0.2) is 10.8 Å². The van der Waals surface area contributed by atoms with Crippen molar-refractivity contribution in [3.05, 3.63) is 61.3 Å². The molecular formula is C13H10NO. The Bertz CT molecular complexity index is 477. The van der Waals surface area contributed by atoms with Gasteiger partial charge in [-0.2, -0.15) is 0 Å². The second-order valence-corrected chi connectivity index (χ2v) is 3.20. The van der Waals surface area contributed by atoms with Crippen molar-refractivity contribution in [2.45, 2.75) is 0 Å². The van der Waals surface area contributed by atoms with Gasteiger partial charge in [-0.15, -0.1) is 0 Å². The number of hydrogen-bond donors (Lipinski definition) is 0. The Morgan fingerprint density at radius 2 is 1.73 bits per heavy atom. The van der Waals surface area contributed by atoms with Gasteiger partial charge in [-0.3, -0.25) is 9.78 Å². The summed E-state index contributed by atoms with van der Waals surface area (Å²) in [6.45, 7) is 3.44. The molecule has 0 aliphatic rings. The van der Waals surface area contributed by atoms with Crippen LogP contribution in [0, 0.1) is 6.92 Å². The molecule has 0 aliphatic heterocycles. The molecule has 2 rings (SSSR count). The summed E-state index contributed by atoms with van der Waals surface area (Å²) in [5, 5.41) is 0. The fourth-order valence-electron chi connectivity index (χ4n) is 1.51. The van der Waals surface area contributed by atoms with Gasteiger partial charge in [0.2, 0.25) is 0 Å². The van der Waals surface area contributed by atoms with Crippen LogP contribution in [0.4, 0.5) is 0 Å². The third-order valence-corrected chi connectivity index (χ3v) is 2.22. The molecule has 0 fully saturated rings. The van der Waals surface area contributed by atoms with E-state index in [0.29, 0.717) is 5.56 Å². The average molecular weight is 196 g/mol. The molecule has 2 aromatic rings. The van der Waals surface area contributed by atoms with Crippen molar-refractivity contribution < 1.29 is 4.79 Å². The molecule has 1 radical (unpaired) electrons. The fraction of sp³-hybridized carbons (Fsp3) is 0. The Morgan fingerprint density at radius 3 is 2.40 bits per heavy atom. The predicted octanol–water partition coefficient (Wildman–Crippen LogP) is 2.77. The number of aromatic nitrogens is 1. The first-order valence-corrected chi connectivity index (χ1v) is 4.65. The monoisotopic (exact) mass is 196 g/mol. The maximum atomic E-state index is 11.3. The van der Waals surface area contributed by atoms with Crippen LogP contribution in [0.15, 0.2) is 48.8 Å². The zero-order valence-electron chi connectivity index (χ0n) is 8.18. The minimum atomic E-state index is -0.164. The molecule has 0 saturated carbocycles. The molecule has 15 heavy (non-hydrogen) atoms. The Morgan fingerprint density at radius 1 is 1.07 bits per heavy atom. The normalized spacial score (nSPS) is 9.93. The fourth-order valence-corrected chi connectivity index (χ4v) is 1.51. The second-order valence-electron chi connectivity index (χ2n) is 3.20. The minimum absolute atomic E-state index is 0.164. The quantitative estimate of drug-likeness (QED) is 0.691. The highest BCUT2D eigenvalue weighted by Crippen LogP contribution is 2.22. The number of benzene rings is 1. The van der Waals surface area contributed by atoms with Gasteiger partial charge in [0, 0.05) is 24.9 Å². The number of ketones is 1. The Hall–Kier alpha value is -1.96. The molecule has 73 valence electrons. The third-order valence-electron chi connectivity index (χ3n) is 2.22. The molecule has 0 atom stereocenters. The van der Waals surface area contributed by atoms with Crippen LogP contribution < -0.4 is 0 Å². The predicted molar refractivity (Wildman–Crippen MR) is 59.4 cm³/mol. The third kappa shape index (κ3) is 1.94. The van der Waals surface area contributed by atoms with Crippen molar-refractivity contribution in [1.29, 1.82) is 0 Å². The molecule has 2 nitrogen and oxygen atoms in total. The molecule has 0 N–H and O–H groups in total. The van der Waals surface area contributed by atoms with Gasteiger partial charge in [0.1, 0.15) is 0 Å². The summed E-state index contributed by atoms with van der Waals surface area (Å²) in [6, 6.07) is 11.2. The van der Waals surface area contributed by atoms with Crippen molar-refractivity contribution >= 4 is 5.78 Å². The zero-order chi connectivity index (χ0) is 10.7. The topological polar surface area (TPSA) is 30.0 Å². The van der Waals surface area contributed by atoms with E-state index in [1.165, 1.54) is 0 Å². The van der Waals surface area contributed by atoms with Crippen molar-refractivity contribution in [2.24, 2.45) is 0 Å². The first kappa shape index (κ1) is 9.59. The number of carbonyl (C=O) groups excluding carboxylic acids is 1. The Kier molecular flexibility index (Phi) is 2.59. The van der Waals surface area contributed by atoms with Crippen molar-refractivity contribution in [2.75, 3.05) is 0 Å². The van der Waals surface area contributed by atoms with Crippen LogP contribution in [0.3, 0.4) is 0 Å². The highest BCUT2D eigenvalue weighted by atomic mass is 16.1. The van der Waals surface area contributed by atoms with E-state index in [0.717, 1.165) is 11.1 Å². The summed E-state index contributed by atoms with van der Waals surface area (Å²) in [5.74, 6) is -0.164. The number of pyridine rings is 1. The van der Waals surface area contributed by atoms with Crippen LogP contribution in [0.5, 0.6) is 0 Å². The van der Waals surface area contributed by atoms with E-state index in [4.69, 9.17) is 0 Å². The molecule has 0 amide bonds. The number of hydrogen-bond acceptors (Lipinski definition) is 2. The van der Waals surface area contributed by atoms with Gasteiger partial charge < -0.3 is 0 Å². The first-order chi connectivity index (χ1) is 7.29. The zero-order valence-corrected chi connectivity index (χ0v) is 8.18. The molecule has 0 unspecified atom stereocenters. The molecule has 0 saturated heterocycles. The van der Waals surface area contributed by atoms with Crippen molar-refractivity contribution in [3.63, 3.8) is 0 Å². The highest BCUT2D eigenvalue weighted by molar-refractivity contribution is 6.04. The summed E-state index contributed by atoms with van der Waals surface area (Å²) in [5.41, 5.74) is 2.53. The molecule has 0 spiro atoms. The summed E-state index contributed by atoms with van der Waals surface area (Å²) >= 11 is 0. The lowest BCUT2D eigenvalue weighted by molar-refractivity contribution is 0.104. The molecule has 2 heteroatoms. The van der Waals surface area contributed by atoms with E-state index in [2.05, 4.69) is 11.9 Å². The maximum absolute atomic E-state index is 11.3. The van der Waals surface area contributed by atoms with E-state index in [-0.39, 0.29) is 5.78 Å². The molecule has 1 aromatic heterocycles. The lowest BCUT2D eigenvalue weighted by Crippen LogP contribution is -1.95. The summed E-state index contributed by atoms with van der Waals surface area (Å²) in [6.07, 6.45) is 3.42. The highest BCUT2D eigenvalue weighted by Gasteiger charge is 2.07.